The van der Waals surface area contributed by atoms with E-state index < -0.39 is 45.4 Å². The van der Waals surface area contributed by atoms with Crippen molar-refractivity contribution in [3.8, 4) is 0 Å². The quantitative estimate of drug-likeness (QED) is 0.321. The molecule has 2 N–H and O–H groups in total. The summed E-state index contributed by atoms with van der Waals surface area (Å²) in [4.78, 5) is 25.0. The van der Waals surface area contributed by atoms with Crippen LogP contribution in [0.15, 0.2) is 21.9 Å². The lowest BCUT2D eigenvalue weighted by atomic mass is 9.96. The van der Waals surface area contributed by atoms with Gasteiger partial charge in [-0.3, -0.25) is 18.5 Å². The van der Waals surface area contributed by atoms with Gasteiger partial charge in [0.15, 0.2) is 6.23 Å². The number of hydrogen-bond donors (Lipinski definition) is 3. The van der Waals surface area contributed by atoms with E-state index in [2.05, 4.69) is 17.1 Å². The average molecular weight is 368 g/mol. The van der Waals surface area contributed by atoms with E-state index in [0.717, 1.165) is 23.1 Å². The van der Waals surface area contributed by atoms with Crippen molar-refractivity contribution in [3.05, 3.63) is 33.1 Å². The number of aliphatic hydroxyl groups is 1. The number of ether oxygens (including phenoxy) is 1. The molecule has 0 aromatic carbocycles. The maximum atomic E-state index is 11.9. The van der Waals surface area contributed by atoms with Gasteiger partial charge in [0.05, 0.1) is 12.9 Å². The molecule has 0 saturated carbocycles. The van der Waals surface area contributed by atoms with Crippen molar-refractivity contribution in [2.45, 2.75) is 31.0 Å². The molecule has 4 atom stereocenters. The molecule has 1 saturated heterocycles. The van der Waals surface area contributed by atoms with Crippen LogP contribution in [0.1, 0.15) is 13.2 Å². The zero-order chi connectivity index (χ0) is 17.4. The second kappa shape index (κ2) is 6.37. The van der Waals surface area contributed by atoms with Crippen molar-refractivity contribution < 1.29 is 26.6 Å². The summed E-state index contributed by atoms with van der Waals surface area (Å²) in [7, 11) is -3.92. The molecular formula is C11H16N2O8S2. The van der Waals surface area contributed by atoms with Gasteiger partial charge in [0, 0.05) is 12.3 Å². The Balaban J connectivity index is 2.46. The molecule has 1 aliphatic rings. The van der Waals surface area contributed by atoms with Gasteiger partial charge in [-0.1, -0.05) is 0 Å². The van der Waals surface area contributed by atoms with E-state index in [1.54, 1.807) is 0 Å². The third-order valence-electron chi connectivity index (χ3n) is 3.34. The van der Waals surface area contributed by atoms with Crippen molar-refractivity contribution in [3.63, 3.8) is 0 Å². The topological polar surface area (TPSA) is 137 Å². The summed E-state index contributed by atoms with van der Waals surface area (Å²) in [6.07, 6.45) is -1.70. The van der Waals surface area contributed by atoms with Crippen LogP contribution in [0.4, 0.5) is 0 Å². The van der Waals surface area contributed by atoms with Gasteiger partial charge in [0.25, 0.3) is 15.7 Å². The molecule has 130 valence electrons. The van der Waals surface area contributed by atoms with Crippen molar-refractivity contribution in [2.24, 2.45) is 0 Å². The summed E-state index contributed by atoms with van der Waals surface area (Å²) >= 11 is 3.57. The molecule has 2 rings (SSSR count). The van der Waals surface area contributed by atoms with Crippen LogP contribution in [-0.4, -0.2) is 53.7 Å². The highest BCUT2D eigenvalue weighted by atomic mass is 32.2. The number of hydrogen-bond acceptors (Lipinski definition) is 9. The van der Waals surface area contributed by atoms with Crippen molar-refractivity contribution in [1.29, 1.82) is 0 Å². The first kappa shape index (κ1) is 18.2. The molecule has 1 aliphatic heterocycles. The van der Waals surface area contributed by atoms with E-state index in [4.69, 9.17) is 8.92 Å². The third kappa shape index (κ3) is 3.84. The lowest BCUT2D eigenvalue weighted by molar-refractivity contribution is -0.0950. The van der Waals surface area contributed by atoms with Crippen molar-refractivity contribution >= 4 is 23.0 Å². The van der Waals surface area contributed by atoms with E-state index in [1.165, 1.54) is 6.92 Å². The van der Waals surface area contributed by atoms with Crippen LogP contribution >= 0.6 is 12.9 Å². The normalized spacial score (nSPS) is 31.4. The predicted molar refractivity (Wildman–Crippen MR) is 80.5 cm³/mol. The largest absolute Gasteiger partial charge is 0.383 e. The van der Waals surface area contributed by atoms with Crippen LogP contribution in [0.25, 0.3) is 0 Å². The highest BCUT2D eigenvalue weighted by Gasteiger charge is 2.56. The van der Waals surface area contributed by atoms with Crippen LogP contribution in [0, 0.1) is 0 Å². The Morgan fingerprint density at radius 3 is 2.70 bits per heavy atom. The fourth-order valence-electron chi connectivity index (χ4n) is 2.40. The summed E-state index contributed by atoms with van der Waals surface area (Å²) < 4.78 is 38.8. The van der Waals surface area contributed by atoms with Gasteiger partial charge in [-0.05, 0) is 19.8 Å². The fourth-order valence-corrected chi connectivity index (χ4v) is 3.24. The van der Waals surface area contributed by atoms with Gasteiger partial charge in [0.2, 0.25) is 0 Å². The molecule has 0 bridgehead atoms. The SMILES string of the molecule is C[C@]1(O)[C@H](OS(C)(=O)=O)[C@@H](COS)O[C@H]1n1ccc(=O)[nH]c1=O. The number of nitrogens with zero attached hydrogens (tertiary/aromatic N) is 1. The Kier molecular flexibility index (Phi) is 5.03. The summed E-state index contributed by atoms with van der Waals surface area (Å²) in [6, 6.07) is 1.07. The Labute approximate surface area is 136 Å². The minimum absolute atomic E-state index is 0.200. The van der Waals surface area contributed by atoms with Crippen LogP contribution < -0.4 is 11.2 Å². The second-order valence-corrected chi connectivity index (χ2v) is 7.15. The van der Waals surface area contributed by atoms with E-state index in [1.807, 2.05) is 4.98 Å². The van der Waals surface area contributed by atoms with Gasteiger partial charge in [-0.15, -0.1) is 0 Å². The number of aromatic nitrogens is 2. The fraction of sp³-hybridized carbons (Fsp3) is 0.636. The number of thiol groups is 1. The Morgan fingerprint density at radius 2 is 2.17 bits per heavy atom. The van der Waals surface area contributed by atoms with Crippen LogP contribution in [0.5, 0.6) is 0 Å². The Hall–Kier alpha value is -1.18. The molecule has 23 heavy (non-hydrogen) atoms. The molecule has 1 aromatic rings. The summed E-state index contributed by atoms with van der Waals surface area (Å²) in [5.41, 5.74) is -3.35. The van der Waals surface area contributed by atoms with Gasteiger partial charge in [-0.2, -0.15) is 8.42 Å². The Bertz CT molecular complexity index is 784. The monoisotopic (exact) mass is 368 g/mol. The molecule has 12 heteroatoms. The molecular weight excluding hydrogens is 352 g/mol. The van der Waals surface area contributed by atoms with Crippen molar-refractivity contribution in [1.82, 2.24) is 9.55 Å². The number of nitrogens with one attached hydrogen (secondary N) is 1. The molecule has 0 radical (unpaired) electrons. The lowest BCUT2D eigenvalue weighted by Gasteiger charge is -2.29. The van der Waals surface area contributed by atoms with Crippen LogP contribution in [0.2, 0.25) is 0 Å². The number of rotatable bonds is 5. The minimum atomic E-state index is -3.92. The zero-order valence-corrected chi connectivity index (χ0v) is 13.9. The van der Waals surface area contributed by atoms with Gasteiger partial charge >= 0.3 is 5.69 Å². The van der Waals surface area contributed by atoms with Crippen molar-refractivity contribution in [2.75, 3.05) is 12.9 Å². The second-order valence-electron chi connectivity index (χ2n) is 5.29. The van der Waals surface area contributed by atoms with Gasteiger partial charge in [-0.25, -0.2) is 4.79 Å². The highest BCUT2D eigenvalue weighted by Crippen LogP contribution is 2.40. The lowest BCUT2D eigenvalue weighted by Crippen LogP contribution is -2.48. The minimum Gasteiger partial charge on any atom is -0.383 e. The first-order chi connectivity index (χ1) is 10.6. The van der Waals surface area contributed by atoms with Gasteiger partial charge < -0.3 is 14.0 Å². The molecule has 0 amide bonds. The van der Waals surface area contributed by atoms with Gasteiger partial charge in [0.1, 0.15) is 17.8 Å². The smallest absolute Gasteiger partial charge is 0.330 e. The summed E-state index contributed by atoms with van der Waals surface area (Å²) in [5.74, 6) is 0. The molecule has 1 aromatic heterocycles. The predicted octanol–water partition coefficient (Wildman–Crippen LogP) is -1.61. The number of aromatic amines is 1. The average Bonchev–Trinajstić information content (AvgIpc) is 2.62. The standard InChI is InChI=1S/C11H16N2O8S2/c1-11(16)8(21-23(2,17)18)6(5-19-22)20-9(11)13-4-3-7(14)12-10(13)15/h3-4,6,8-9,16,22H,5H2,1-2H3,(H,12,14,15)/t6-,8-,9-,11+/m1/s1. The molecule has 0 spiro atoms. The van der Waals surface area contributed by atoms with Crippen LogP contribution in [0.3, 0.4) is 0 Å². The molecule has 10 nitrogen and oxygen atoms in total. The molecule has 2 heterocycles. The highest BCUT2D eigenvalue weighted by molar-refractivity contribution is 7.86. The molecule has 0 aliphatic carbocycles. The molecule has 0 unspecified atom stereocenters. The molecule has 1 fully saturated rings. The maximum Gasteiger partial charge on any atom is 0.330 e. The summed E-state index contributed by atoms with van der Waals surface area (Å²) in [5, 5.41) is 10.7. The Morgan fingerprint density at radius 1 is 1.52 bits per heavy atom. The van der Waals surface area contributed by atoms with E-state index >= 15 is 0 Å². The van der Waals surface area contributed by atoms with Crippen LogP contribution in [-0.2, 0) is 23.2 Å². The van der Waals surface area contributed by atoms with E-state index in [9.17, 15) is 23.1 Å². The van der Waals surface area contributed by atoms with E-state index in [-0.39, 0.29) is 6.61 Å². The maximum absolute atomic E-state index is 11.9. The first-order valence-electron chi connectivity index (χ1n) is 6.40. The third-order valence-corrected chi connectivity index (χ3v) is 4.04. The zero-order valence-electron chi connectivity index (χ0n) is 12.2. The first-order valence-corrected chi connectivity index (χ1v) is 8.58. The number of H-pyrrole nitrogens is 1. The summed E-state index contributed by atoms with van der Waals surface area (Å²) in [6.45, 7) is 1.05. The van der Waals surface area contributed by atoms with E-state index in [0.29, 0.717) is 0 Å².